The number of halogens is 8. The largest absolute Gasteiger partial charge is 2.00 e. The van der Waals surface area contributed by atoms with Gasteiger partial charge >= 0.3 is 34.1 Å². The van der Waals surface area contributed by atoms with Gasteiger partial charge < -0.3 is 25.4 Å². The Balaban J connectivity index is 0.000000175. The van der Waals surface area contributed by atoms with Crippen LogP contribution in [-0.4, -0.2) is 25.4 Å². The third-order valence-corrected chi connectivity index (χ3v) is 20.7. The quantitative estimate of drug-likeness (QED) is 0.137. The molecule has 19 heteroatoms. The van der Waals surface area contributed by atoms with E-state index in [9.17, 15) is 0 Å². The van der Waals surface area contributed by atoms with Crippen molar-refractivity contribution in [3.63, 3.8) is 0 Å². The van der Waals surface area contributed by atoms with Crippen LogP contribution in [0.5, 0.6) is 0 Å². The van der Waals surface area contributed by atoms with Gasteiger partial charge in [-0.05, 0) is 229 Å². The molecule has 6 aromatic heterocycles. The first kappa shape index (κ1) is 74.4. The fourth-order valence-corrected chi connectivity index (χ4v) is 14.8. The number of aromatic nitrogens is 8. The standard InChI is InChI=1S/C44H26Cl4N4.C44H24Cl4N4.2Fe.H2O/c2*45-29-9-1-25(2-10-29)41-33-17-19-35(49-33)42(26-3-11-30(46)12-4-26)37-21-23-39(51-37)44(28-7-15-32(48)16-8-28)40-24-22-38(52-40)43(36-20-18-34(41)50-36)27-5-13-31(47)14-6-27;;;/h1-7,9-24,28H,8H2;1-24H;;;1H2/q2*-2;2*+2;. The number of benzene rings is 7. The Kier molecular flexibility index (Phi) is 22.1. The maximum atomic E-state index is 6.40. The number of hydrogen-bond donors (Lipinski definition) is 0. The van der Waals surface area contributed by atoms with Crippen molar-refractivity contribution in [3.8, 4) is 77.9 Å². The Labute approximate surface area is 677 Å². The minimum Gasteiger partial charge on any atom is -0.657 e. The Morgan fingerprint density at radius 2 is 0.421 bits per heavy atom. The molecule has 0 saturated heterocycles. The summed E-state index contributed by atoms with van der Waals surface area (Å²) in [6.45, 7) is 0. The Hall–Kier alpha value is -9.46. The Morgan fingerprint density at radius 3 is 0.626 bits per heavy atom. The van der Waals surface area contributed by atoms with Gasteiger partial charge in [-0.3, -0.25) is 0 Å². The third kappa shape index (κ3) is 15.2. The SMILES string of the molecule is ClC1=CCC(c2c3nc(c(-c4ccc(Cl)cc4)c4ccc([n-]4)c(-c4ccc(Cl)cc4)c4nc(c(-c5ccc(Cl)cc5)c5ccc2[n-]5)C=C4)C=C3)C=C1.Clc1ccc(-c2c3nc(c(-c4ccc(Cl)cc4)c4ccc([n-]4)c(-c4ccc(Cl)cc4)c4nc(c(-c5ccc(Cl)cc5)c5ccc2[n-]5)C=C4)C=C3)cc1.O.[Fe+2].[Fe+2]. The zero-order valence-corrected chi connectivity index (χ0v) is 64.0. The second-order valence-corrected chi connectivity index (χ2v) is 28.6. The van der Waals surface area contributed by atoms with Gasteiger partial charge in [-0.15, -0.1) is 44.1 Å². The summed E-state index contributed by atoms with van der Waals surface area (Å²) < 4.78 is 0. The molecule has 522 valence electrons. The van der Waals surface area contributed by atoms with Gasteiger partial charge in [0.05, 0.1) is 45.6 Å². The van der Waals surface area contributed by atoms with E-state index < -0.39 is 0 Å². The van der Waals surface area contributed by atoms with E-state index in [0.717, 1.165) is 185 Å². The van der Waals surface area contributed by atoms with Crippen molar-refractivity contribution >= 4 is 186 Å². The predicted octanol–water partition coefficient (Wildman–Crippen LogP) is 25.4. The fraction of sp³-hybridized carbons (Fsp3) is 0.0227. The van der Waals surface area contributed by atoms with Crippen LogP contribution in [0.1, 0.15) is 63.5 Å². The van der Waals surface area contributed by atoms with E-state index in [2.05, 4.69) is 30.4 Å². The van der Waals surface area contributed by atoms with E-state index in [1.54, 1.807) is 0 Å². The molecular formula is C88H52Cl8Fe2N8O. The molecule has 16 bridgehead atoms. The molecule has 18 rings (SSSR count). The van der Waals surface area contributed by atoms with Gasteiger partial charge in [-0.2, -0.15) is 0 Å². The van der Waals surface area contributed by atoms with E-state index in [1.165, 1.54) is 0 Å². The average molecular weight is 1630 g/mol. The van der Waals surface area contributed by atoms with Crippen LogP contribution in [0.2, 0.25) is 35.2 Å². The predicted molar refractivity (Wildman–Crippen MR) is 441 cm³/mol. The second-order valence-electron chi connectivity index (χ2n) is 25.1. The maximum absolute atomic E-state index is 6.40. The van der Waals surface area contributed by atoms with Crippen LogP contribution in [0.15, 0.2) is 242 Å². The first-order valence-electron chi connectivity index (χ1n) is 33.2. The normalized spacial score (nSPS) is 13.1. The van der Waals surface area contributed by atoms with Crippen molar-refractivity contribution in [3.05, 3.63) is 328 Å². The average Bonchev–Trinajstić information content (AvgIpc) is 1.63. The van der Waals surface area contributed by atoms with Crippen LogP contribution in [0, 0.1) is 0 Å². The van der Waals surface area contributed by atoms with Crippen molar-refractivity contribution in [2.24, 2.45) is 0 Å². The summed E-state index contributed by atoms with van der Waals surface area (Å²) in [4.78, 5) is 42.3. The van der Waals surface area contributed by atoms with E-state index in [1.807, 2.05) is 255 Å². The van der Waals surface area contributed by atoms with Gasteiger partial charge in [-0.1, -0.05) is 238 Å². The van der Waals surface area contributed by atoms with Crippen LogP contribution in [0.25, 0.3) is 171 Å². The van der Waals surface area contributed by atoms with Gasteiger partial charge in [0.1, 0.15) is 0 Å². The van der Waals surface area contributed by atoms with Gasteiger partial charge in [0.2, 0.25) is 0 Å². The van der Waals surface area contributed by atoms with Crippen LogP contribution >= 0.6 is 92.8 Å². The second kappa shape index (κ2) is 31.8. The molecule has 1 unspecified atom stereocenters. The molecule has 4 aliphatic heterocycles. The van der Waals surface area contributed by atoms with Crippen LogP contribution in [0.4, 0.5) is 0 Å². The summed E-state index contributed by atoms with van der Waals surface area (Å²) in [7, 11) is 0. The van der Waals surface area contributed by atoms with Crippen molar-refractivity contribution in [1.29, 1.82) is 0 Å². The topological polar surface area (TPSA) is 139 Å². The monoisotopic (exact) mass is 1630 g/mol. The van der Waals surface area contributed by atoms with E-state index >= 15 is 0 Å². The summed E-state index contributed by atoms with van der Waals surface area (Å²) in [5, 5.41) is 5.26. The molecule has 0 radical (unpaired) electrons. The molecule has 107 heavy (non-hydrogen) atoms. The minimum atomic E-state index is 0. The van der Waals surface area contributed by atoms with Crippen LogP contribution in [0.3, 0.4) is 0 Å². The molecule has 7 aromatic carbocycles. The minimum absolute atomic E-state index is 0. The molecule has 0 saturated carbocycles. The van der Waals surface area contributed by atoms with Crippen molar-refractivity contribution in [1.82, 2.24) is 39.9 Å². The smallest absolute Gasteiger partial charge is 0.657 e. The van der Waals surface area contributed by atoms with Gasteiger partial charge in [-0.25, -0.2) is 19.9 Å². The Bertz CT molecular complexity index is 5780. The molecule has 0 amide bonds. The fourth-order valence-electron chi connectivity index (χ4n) is 13.8. The van der Waals surface area contributed by atoms with Gasteiger partial charge in [0.15, 0.2) is 0 Å². The number of fused-ring (bicyclic) bond motifs is 16. The molecule has 2 N–H and O–H groups in total. The molecule has 0 spiro atoms. The maximum Gasteiger partial charge on any atom is 2.00 e. The third-order valence-electron chi connectivity index (χ3n) is 18.6. The number of rotatable bonds is 8. The number of allylic oxidation sites excluding steroid dienone is 4. The van der Waals surface area contributed by atoms with Gasteiger partial charge in [0, 0.05) is 46.1 Å². The van der Waals surface area contributed by atoms with Crippen LogP contribution < -0.4 is 19.9 Å². The molecule has 9 nitrogen and oxygen atoms in total. The first-order chi connectivity index (χ1) is 50.7. The number of hydrogen-bond acceptors (Lipinski definition) is 4. The summed E-state index contributed by atoms with van der Waals surface area (Å²) in [5.41, 5.74) is 26.3. The zero-order valence-electron chi connectivity index (χ0n) is 55.7. The molecule has 13 aromatic rings. The first-order valence-corrected chi connectivity index (χ1v) is 36.2. The molecular weight excluding hydrogens is 1580 g/mol. The summed E-state index contributed by atoms with van der Waals surface area (Å²) in [6.07, 6.45) is 23.2. The van der Waals surface area contributed by atoms with Gasteiger partial charge in [0.25, 0.3) is 0 Å². The van der Waals surface area contributed by atoms with Crippen molar-refractivity contribution in [2.75, 3.05) is 0 Å². The van der Waals surface area contributed by atoms with E-state index in [-0.39, 0.29) is 45.5 Å². The van der Waals surface area contributed by atoms with Crippen molar-refractivity contribution in [2.45, 2.75) is 12.3 Å². The Morgan fingerprint density at radius 1 is 0.234 bits per heavy atom. The summed E-state index contributed by atoms with van der Waals surface area (Å²) in [6, 6.07) is 70.7. The molecule has 1 atom stereocenters. The van der Waals surface area contributed by atoms with Crippen molar-refractivity contribution < 1.29 is 39.6 Å². The molecule has 0 fully saturated rings. The summed E-state index contributed by atoms with van der Waals surface area (Å²) in [5.74, 6) is 0.00804. The molecule has 1 aliphatic carbocycles. The zero-order chi connectivity index (χ0) is 70.7. The molecule has 5 aliphatic rings. The van der Waals surface area contributed by atoms with Crippen LogP contribution in [-0.2, 0) is 34.1 Å². The van der Waals surface area contributed by atoms with E-state index in [0.29, 0.717) is 35.2 Å². The number of nitrogens with zero attached hydrogens (tertiary/aromatic N) is 8. The summed E-state index contributed by atoms with van der Waals surface area (Å²) >= 11 is 50.9. The molecule has 10 heterocycles. The van der Waals surface area contributed by atoms with E-state index in [4.69, 9.17) is 133 Å².